The number of carboxylic acids is 1. The highest BCUT2D eigenvalue weighted by Gasteiger charge is 2.14. The number of phenols is 1. The van der Waals surface area contributed by atoms with Crippen LogP contribution in [0.4, 0.5) is 0 Å². The molecular formula is C23H18N2O5S. The number of nitrogens with zero attached hydrogens (tertiary/aromatic N) is 2. The molecule has 4 rings (SSSR count). The lowest BCUT2D eigenvalue weighted by Gasteiger charge is -2.02. The number of furan rings is 1. The third-order valence-electron chi connectivity index (χ3n) is 4.75. The number of aromatic nitrogens is 2. The third kappa shape index (κ3) is 3.97. The molecule has 7 nitrogen and oxygen atoms in total. The molecule has 2 aromatic heterocycles. The molecule has 0 aliphatic heterocycles. The van der Waals surface area contributed by atoms with Gasteiger partial charge in [-0.15, -0.1) is 0 Å². The van der Waals surface area contributed by atoms with Crippen molar-refractivity contribution in [1.29, 1.82) is 0 Å². The second kappa shape index (κ2) is 8.16. The lowest BCUT2D eigenvalue weighted by atomic mass is 10.1. The zero-order valence-electron chi connectivity index (χ0n) is 16.7. The first-order valence-corrected chi connectivity index (χ1v) is 10.2. The van der Waals surface area contributed by atoms with Crippen molar-refractivity contribution in [2.24, 2.45) is 0 Å². The van der Waals surface area contributed by atoms with E-state index in [1.54, 1.807) is 29.7 Å². The average Bonchev–Trinajstić information content (AvgIpc) is 3.33. The number of aromatic hydroxyl groups is 1. The Bertz CT molecular complexity index is 1350. The summed E-state index contributed by atoms with van der Waals surface area (Å²) in [7, 11) is 0. The molecule has 0 aliphatic rings. The number of rotatable bonds is 6. The second-order valence-corrected chi connectivity index (χ2v) is 7.85. The minimum absolute atomic E-state index is 0.195. The lowest BCUT2D eigenvalue weighted by Crippen LogP contribution is -1.96. The van der Waals surface area contributed by atoms with Crippen LogP contribution in [0.15, 0.2) is 57.4 Å². The van der Waals surface area contributed by atoms with Gasteiger partial charge in [-0.2, -0.15) is 0 Å². The summed E-state index contributed by atoms with van der Waals surface area (Å²) in [4.78, 5) is 27.4. The topological polar surface area (TPSA) is 106 Å². The number of aromatic carboxylic acids is 1. The molecule has 0 saturated heterocycles. The maximum Gasteiger partial charge on any atom is 0.339 e. The Hall–Kier alpha value is -3.78. The number of carboxylic acid groups (broad SMARTS) is 1. The molecule has 0 fully saturated rings. The van der Waals surface area contributed by atoms with E-state index in [0.717, 1.165) is 28.6 Å². The number of hydrogen-bond donors (Lipinski definition) is 2. The van der Waals surface area contributed by atoms with Gasteiger partial charge >= 0.3 is 5.97 Å². The quantitative estimate of drug-likeness (QED) is 0.320. The van der Waals surface area contributed by atoms with Gasteiger partial charge in [0.2, 0.25) is 6.41 Å². The van der Waals surface area contributed by atoms with Gasteiger partial charge in [0, 0.05) is 5.56 Å². The van der Waals surface area contributed by atoms with Gasteiger partial charge in [0.1, 0.15) is 22.8 Å². The van der Waals surface area contributed by atoms with Gasteiger partial charge < -0.3 is 14.6 Å². The van der Waals surface area contributed by atoms with Crippen LogP contribution in [-0.2, 0) is 4.79 Å². The van der Waals surface area contributed by atoms with Crippen molar-refractivity contribution in [2.45, 2.75) is 19.0 Å². The number of benzene rings is 2. The first-order valence-electron chi connectivity index (χ1n) is 9.31. The molecular weight excluding hydrogens is 416 g/mol. The van der Waals surface area contributed by atoms with Crippen molar-refractivity contribution < 1.29 is 24.2 Å². The van der Waals surface area contributed by atoms with Crippen LogP contribution < -0.4 is 0 Å². The molecule has 0 spiro atoms. The molecule has 2 aromatic carbocycles. The van der Waals surface area contributed by atoms with E-state index in [0.29, 0.717) is 22.2 Å². The standard InChI is InChI=1S/C23H18N2O5S/c1-13-9-14(2)21-18(10-13)25(12-26)23(24-21)31-8-7-16-4-6-20(30-16)15-3-5-19(27)17(11-15)22(28)29/h3-12,27H,1-2H3,(H,28,29)/b8-7-. The largest absolute Gasteiger partial charge is 0.507 e. The normalized spacial score (nSPS) is 11.4. The van der Waals surface area contributed by atoms with E-state index in [1.807, 2.05) is 26.0 Å². The van der Waals surface area contributed by atoms with E-state index in [1.165, 1.54) is 28.5 Å². The number of thioether (sulfide) groups is 1. The summed E-state index contributed by atoms with van der Waals surface area (Å²) < 4.78 is 7.28. The van der Waals surface area contributed by atoms with E-state index in [2.05, 4.69) is 4.98 Å². The summed E-state index contributed by atoms with van der Waals surface area (Å²) in [6, 6.07) is 11.7. The molecule has 0 aliphatic carbocycles. The zero-order chi connectivity index (χ0) is 22.1. The summed E-state index contributed by atoms with van der Waals surface area (Å²) in [5.41, 5.74) is 3.96. The fourth-order valence-corrected chi connectivity index (χ4v) is 4.05. The molecule has 0 atom stereocenters. The Labute approximate surface area is 181 Å². The maximum absolute atomic E-state index is 11.6. The Balaban J connectivity index is 1.57. The van der Waals surface area contributed by atoms with Gasteiger partial charge in [-0.1, -0.05) is 17.8 Å². The number of fused-ring (bicyclic) bond motifs is 1. The van der Waals surface area contributed by atoms with E-state index in [9.17, 15) is 14.7 Å². The van der Waals surface area contributed by atoms with Crippen LogP contribution in [0.2, 0.25) is 0 Å². The predicted octanol–water partition coefficient (Wildman–Crippen LogP) is 5.12. The highest BCUT2D eigenvalue weighted by molar-refractivity contribution is 8.02. The van der Waals surface area contributed by atoms with Crippen LogP contribution in [-0.4, -0.2) is 32.1 Å². The SMILES string of the molecule is Cc1cc(C)c2nc(S/C=C\c3ccc(-c4ccc(O)c(C(=O)O)c4)o3)n(C=O)c2c1. The molecule has 31 heavy (non-hydrogen) atoms. The minimum Gasteiger partial charge on any atom is -0.507 e. The molecule has 0 amide bonds. The zero-order valence-corrected chi connectivity index (χ0v) is 17.5. The Morgan fingerprint density at radius 1 is 1.16 bits per heavy atom. The molecule has 8 heteroatoms. The van der Waals surface area contributed by atoms with Crippen molar-refractivity contribution in [3.8, 4) is 17.1 Å². The van der Waals surface area contributed by atoms with Crippen molar-refractivity contribution in [2.75, 3.05) is 0 Å². The fourth-order valence-electron chi connectivity index (χ4n) is 3.32. The number of aryl methyl sites for hydroxylation is 2. The van der Waals surface area contributed by atoms with Gasteiger partial charge in [0.15, 0.2) is 5.16 Å². The molecule has 2 N–H and O–H groups in total. The summed E-state index contributed by atoms with van der Waals surface area (Å²) in [6.07, 6.45) is 2.49. The van der Waals surface area contributed by atoms with Gasteiger partial charge in [-0.3, -0.25) is 9.36 Å². The first kappa shape index (κ1) is 20.5. The third-order valence-corrected chi connectivity index (χ3v) is 5.52. The van der Waals surface area contributed by atoms with Gasteiger partial charge in [0.05, 0.1) is 11.0 Å². The van der Waals surface area contributed by atoms with Gasteiger partial charge in [-0.25, -0.2) is 9.78 Å². The average molecular weight is 434 g/mol. The van der Waals surface area contributed by atoms with Gasteiger partial charge in [-0.05, 0) is 72.9 Å². The molecule has 2 heterocycles. The molecule has 156 valence electrons. The Kier molecular flexibility index (Phi) is 5.39. The molecule has 4 aromatic rings. The monoisotopic (exact) mass is 434 g/mol. The van der Waals surface area contributed by atoms with Crippen molar-refractivity contribution in [3.63, 3.8) is 0 Å². The molecule has 0 saturated carbocycles. The van der Waals surface area contributed by atoms with Crippen LogP contribution in [0.25, 0.3) is 28.4 Å². The maximum atomic E-state index is 11.6. The van der Waals surface area contributed by atoms with E-state index >= 15 is 0 Å². The molecule has 0 unspecified atom stereocenters. The first-order chi connectivity index (χ1) is 14.9. The van der Waals surface area contributed by atoms with Crippen LogP contribution in [0, 0.1) is 13.8 Å². The summed E-state index contributed by atoms with van der Waals surface area (Å²) in [5, 5.41) is 21.1. The minimum atomic E-state index is -1.22. The van der Waals surface area contributed by atoms with Crippen LogP contribution >= 0.6 is 11.8 Å². The number of carbonyl (C=O) groups is 2. The van der Waals surface area contributed by atoms with E-state index in [4.69, 9.17) is 9.52 Å². The van der Waals surface area contributed by atoms with Crippen LogP contribution in [0.1, 0.15) is 27.2 Å². The Morgan fingerprint density at radius 3 is 2.71 bits per heavy atom. The van der Waals surface area contributed by atoms with E-state index < -0.39 is 5.97 Å². The smallest absolute Gasteiger partial charge is 0.339 e. The predicted molar refractivity (Wildman–Crippen MR) is 119 cm³/mol. The van der Waals surface area contributed by atoms with Crippen LogP contribution in [0.3, 0.4) is 0 Å². The second-order valence-electron chi connectivity index (χ2n) is 6.98. The summed E-state index contributed by atoms with van der Waals surface area (Å²) in [6.45, 7) is 3.94. The molecule has 0 bridgehead atoms. The number of carbonyl (C=O) groups excluding carboxylic acids is 1. The molecule has 0 radical (unpaired) electrons. The highest BCUT2D eigenvalue weighted by Crippen LogP contribution is 2.30. The van der Waals surface area contributed by atoms with Gasteiger partial charge in [0.25, 0.3) is 0 Å². The van der Waals surface area contributed by atoms with E-state index in [-0.39, 0.29) is 11.3 Å². The van der Waals surface area contributed by atoms with Crippen molar-refractivity contribution in [3.05, 3.63) is 70.3 Å². The number of hydrogen-bond acceptors (Lipinski definition) is 6. The fraction of sp³-hybridized carbons (Fsp3) is 0.0870. The summed E-state index contributed by atoms with van der Waals surface area (Å²) in [5.74, 6) is -0.500. The van der Waals surface area contributed by atoms with Crippen molar-refractivity contribution in [1.82, 2.24) is 9.55 Å². The number of imidazole rings is 1. The Morgan fingerprint density at radius 2 is 1.97 bits per heavy atom. The highest BCUT2D eigenvalue weighted by atomic mass is 32.2. The summed E-state index contributed by atoms with van der Waals surface area (Å²) >= 11 is 1.29. The lowest BCUT2D eigenvalue weighted by molar-refractivity contribution is 0.0694. The van der Waals surface area contributed by atoms with Crippen molar-refractivity contribution >= 4 is 41.3 Å². The van der Waals surface area contributed by atoms with Crippen LogP contribution in [0.5, 0.6) is 5.75 Å².